The molecular formula is C22H16N2O3S2. The fourth-order valence-corrected chi connectivity index (χ4v) is 4.57. The van der Waals surface area contributed by atoms with Gasteiger partial charge in [-0.15, -0.1) is 0 Å². The molecule has 1 fully saturated rings. The van der Waals surface area contributed by atoms with Crippen molar-refractivity contribution in [1.29, 1.82) is 0 Å². The molecule has 4 rings (SSSR count). The first-order valence-corrected chi connectivity index (χ1v) is 10.1. The molecule has 0 radical (unpaired) electrons. The van der Waals surface area contributed by atoms with Crippen molar-refractivity contribution < 1.29 is 14.7 Å². The van der Waals surface area contributed by atoms with Gasteiger partial charge in [-0.2, -0.15) is 0 Å². The summed E-state index contributed by atoms with van der Waals surface area (Å²) in [5.74, 6) is -1.46. The number of rotatable bonds is 5. The van der Waals surface area contributed by atoms with Crippen LogP contribution in [-0.4, -0.2) is 37.2 Å². The first-order valence-electron chi connectivity index (χ1n) is 8.91. The molecule has 0 unspecified atom stereocenters. The topological polar surface area (TPSA) is 70.5 Å². The lowest BCUT2D eigenvalue weighted by molar-refractivity contribution is -0.145. The van der Waals surface area contributed by atoms with Crippen LogP contribution in [0, 0.1) is 0 Å². The minimum absolute atomic E-state index is 0.192. The Morgan fingerprint density at radius 3 is 2.72 bits per heavy atom. The lowest BCUT2D eigenvalue weighted by Gasteiger charge is -2.23. The number of amides is 1. The number of hydrogen-bond acceptors (Lipinski definition) is 5. The number of thiocarbonyl (C=S) groups is 1. The van der Waals surface area contributed by atoms with Gasteiger partial charge in [0.05, 0.1) is 10.4 Å². The number of aromatic nitrogens is 1. The van der Waals surface area contributed by atoms with E-state index in [0.29, 0.717) is 4.91 Å². The highest BCUT2D eigenvalue weighted by Crippen LogP contribution is 2.35. The van der Waals surface area contributed by atoms with E-state index in [-0.39, 0.29) is 16.6 Å². The summed E-state index contributed by atoms with van der Waals surface area (Å²) in [5, 5.41) is 10.7. The van der Waals surface area contributed by atoms with Gasteiger partial charge in [-0.1, -0.05) is 66.4 Å². The standard InChI is InChI=1S/C22H16N2O3S2/c25-20-19(13-15-8-9-17-16(11-15)7-4-10-23-17)29-22(28)24(20)18(21(26)27)12-14-5-2-1-3-6-14/h1-11,13,18H,12H2,(H,26,27)/b19-13+/t18-/m1/s1. The largest absolute Gasteiger partial charge is 0.480 e. The molecule has 5 nitrogen and oxygen atoms in total. The Bertz CT molecular complexity index is 1150. The maximum atomic E-state index is 13.0. The Morgan fingerprint density at radius 1 is 1.17 bits per heavy atom. The second kappa shape index (κ2) is 8.14. The summed E-state index contributed by atoms with van der Waals surface area (Å²) in [5.41, 5.74) is 2.53. The number of nitrogens with zero attached hydrogens (tertiary/aromatic N) is 2. The van der Waals surface area contributed by atoms with Crippen molar-refractivity contribution in [2.45, 2.75) is 12.5 Å². The van der Waals surface area contributed by atoms with Gasteiger partial charge < -0.3 is 5.11 Å². The van der Waals surface area contributed by atoms with E-state index in [1.807, 2.05) is 60.7 Å². The smallest absolute Gasteiger partial charge is 0.327 e. The van der Waals surface area contributed by atoms with Gasteiger partial charge in [-0.3, -0.25) is 14.7 Å². The summed E-state index contributed by atoms with van der Waals surface area (Å²) < 4.78 is 0.257. The number of carboxylic acids is 1. The van der Waals surface area contributed by atoms with Crippen molar-refractivity contribution in [2.24, 2.45) is 0 Å². The number of carbonyl (C=O) groups is 2. The summed E-state index contributed by atoms with van der Waals surface area (Å²) in [7, 11) is 0. The fraction of sp³-hybridized carbons (Fsp3) is 0.0909. The molecule has 0 bridgehead atoms. The normalized spacial score (nSPS) is 16.6. The quantitative estimate of drug-likeness (QED) is 0.494. The molecule has 29 heavy (non-hydrogen) atoms. The Hall–Kier alpha value is -3.03. The van der Waals surface area contributed by atoms with Crippen LogP contribution < -0.4 is 0 Å². The molecule has 2 heterocycles. The summed E-state index contributed by atoms with van der Waals surface area (Å²) in [6, 6.07) is 17.7. The van der Waals surface area contributed by atoms with E-state index in [0.717, 1.165) is 33.8 Å². The van der Waals surface area contributed by atoms with E-state index in [9.17, 15) is 14.7 Å². The number of aliphatic carboxylic acids is 1. The highest BCUT2D eigenvalue weighted by Gasteiger charge is 2.40. The van der Waals surface area contributed by atoms with E-state index >= 15 is 0 Å². The molecule has 2 aromatic carbocycles. The van der Waals surface area contributed by atoms with Crippen molar-refractivity contribution >= 4 is 57.2 Å². The Kier molecular flexibility index (Phi) is 5.42. The molecule has 7 heteroatoms. The molecule has 1 atom stereocenters. The molecular weight excluding hydrogens is 404 g/mol. The van der Waals surface area contributed by atoms with Gasteiger partial charge in [-0.05, 0) is 35.4 Å². The third-order valence-corrected chi connectivity index (χ3v) is 5.95. The molecule has 1 aromatic heterocycles. The molecule has 3 aromatic rings. The number of benzene rings is 2. The second-order valence-corrected chi connectivity index (χ2v) is 8.23. The van der Waals surface area contributed by atoms with Crippen LogP contribution in [0.5, 0.6) is 0 Å². The fourth-order valence-electron chi connectivity index (χ4n) is 3.21. The van der Waals surface area contributed by atoms with Crippen LogP contribution in [0.15, 0.2) is 71.8 Å². The van der Waals surface area contributed by atoms with E-state index in [2.05, 4.69) is 4.98 Å². The predicted molar refractivity (Wildman–Crippen MR) is 118 cm³/mol. The van der Waals surface area contributed by atoms with Gasteiger partial charge in [0.1, 0.15) is 10.4 Å². The Balaban J connectivity index is 1.62. The first kappa shape index (κ1) is 19.3. The SMILES string of the molecule is O=C(O)[C@@H](Cc1ccccc1)N1C(=O)/C(=C\c2ccc3ncccc3c2)SC1=S. The van der Waals surface area contributed by atoms with Crippen LogP contribution in [0.4, 0.5) is 0 Å². The maximum Gasteiger partial charge on any atom is 0.327 e. The molecule has 1 N–H and O–H groups in total. The van der Waals surface area contributed by atoms with Crippen LogP contribution in [0.25, 0.3) is 17.0 Å². The highest BCUT2D eigenvalue weighted by atomic mass is 32.2. The van der Waals surface area contributed by atoms with Gasteiger partial charge in [0, 0.05) is 18.0 Å². The van der Waals surface area contributed by atoms with Crippen molar-refractivity contribution in [1.82, 2.24) is 9.88 Å². The monoisotopic (exact) mass is 420 g/mol. The van der Waals surface area contributed by atoms with Crippen molar-refractivity contribution in [3.05, 3.63) is 82.9 Å². The first-order chi connectivity index (χ1) is 14.0. The molecule has 1 saturated heterocycles. The molecule has 0 aliphatic carbocycles. The lowest BCUT2D eigenvalue weighted by Crippen LogP contribution is -2.45. The van der Waals surface area contributed by atoms with Crippen molar-refractivity contribution in [3.8, 4) is 0 Å². The van der Waals surface area contributed by atoms with Gasteiger partial charge in [0.25, 0.3) is 5.91 Å². The molecule has 1 amide bonds. The second-order valence-electron chi connectivity index (χ2n) is 6.55. The zero-order valence-corrected chi connectivity index (χ0v) is 16.8. The third-order valence-electron chi connectivity index (χ3n) is 4.62. The van der Waals surface area contributed by atoms with Crippen LogP contribution >= 0.6 is 24.0 Å². The van der Waals surface area contributed by atoms with Crippen LogP contribution in [-0.2, 0) is 16.0 Å². The average Bonchev–Trinajstić information content (AvgIpc) is 2.99. The van der Waals surface area contributed by atoms with Crippen LogP contribution in [0.2, 0.25) is 0 Å². The van der Waals surface area contributed by atoms with Gasteiger partial charge in [0.15, 0.2) is 0 Å². The summed E-state index contributed by atoms with van der Waals surface area (Å²) in [4.78, 5) is 30.8. The lowest BCUT2D eigenvalue weighted by atomic mass is 10.0. The maximum absolute atomic E-state index is 13.0. The summed E-state index contributed by atoms with van der Waals surface area (Å²) in [6.45, 7) is 0. The molecule has 0 spiro atoms. The zero-order chi connectivity index (χ0) is 20.4. The van der Waals surface area contributed by atoms with E-state index in [4.69, 9.17) is 12.2 Å². The number of pyridine rings is 1. The minimum atomic E-state index is -1.08. The van der Waals surface area contributed by atoms with E-state index < -0.39 is 12.0 Å². The molecule has 0 saturated carbocycles. The molecule has 144 valence electrons. The van der Waals surface area contributed by atoms with E-state index in [1.54, 1.807) is 12.3 Å². The minimum Gasteiger partial charge on any atom is -0.480 e. The number of carboxylic acid groups (broad SMARTS) is 1. The van der Waals surface area contributed by atoms with Crippen molar-refractivity contribution in [2.75, 3.05) is 0 Å². The Labute approximate surface area is 177 Å². The molecule has 1 aliphatic rings. The summed E-state index contributed by atoms with van der Waals surface area (Å²) >= 11 is 6.48. The van der Waals surface area contributed by atoms with Gasteiger partial charge >= 0.3 is 5.97 Å². The third kappa shape index (κ3) is 4.06. The number of hydrogen-bond donors (Lipinski definition) is 1. The predicted octanol–water partition coefficient (Wildman–Crippen LogP) is 4.13. The Morgan fingerprint density at radius 2 is 1.97 bits per heavy atom. The van der Waals surface area contributed by atoms with Crippen LogP contribution in [0.3, 0.4) is 0 Å². The van der Waals surface area contributed by atoms with Crippen molar-refractivity contribution in [3.63, 3.8) is 0 Å². The molecule has 1 aliphatic heterocycles. The van der Waals surface area contributed by atoms with Crippen LogP contribution in [0.1, 0.15) is 11.1 Å². The van der Waals surface area contributed by atoms with Gasteiger partial charge in [-0.25, -0.2) is 4.79 Å². The van der Waals surface area contributed by atoms with E-state index in [1.165, 1.54) is 4.90 Å². The number of fused-ring (bicyclic) bond motifs is 1. The number of carbonyl (C=O) groups excluding carboxylic acids is 1. The summed E-state index contributed by atoms with van der Waals surface area (Å²) in [6.07, 6.45) is 3.66. The highest BCUT2D eigenvalue weighted by molar-refractivity contribution is 8.26. The zero-order valence-electron chi connectivity index (χ0n) is 15.2. The average molecular weight is 421 g/mol. The van der Waals surface area contributed by atoms with Gasteiger partial charge in [0.2, 0.25) is 0 Å². The number of thioether (sulfide) groups is 1.